The number of aromatic hydroxyl groups is 1. The van der Waals surface area contributed by atoms with Gasteiger partial charge >= 0.3 is 0 Å². The Hall–Kier alpha value is -2.76. The normalized spacial score (nSPS) is 15.0. The second-order valence-corrected chi connectivity index (χ2v) is 5.56. The van der Waals surface area contributed by atoms with Crippen molar-refractivity contribution in [1.82, 2.24) is 5.01 Å². The molecule has 0 bridgehead atoms. The van der Waals surface area contributed by atoms with Crippen LogP contribution in [0.2, 0.25) is 0 Å². The number of rotatable bonds is 5. The zero-order valence-electron chi connectivity index (χ0n) is 13.9. The number of para-hydroxylation sites is 1. The van der Waals surface area contributed by atoms with Crippen molar-refractivity contribution in [2.45, 2.75) is 6.92 Å². The summed E-state index contributed by atoms with van der Waals surface area (Å²) in [6, 6.07) is 11.5. The highest BCUT2D eigenvalue weighted by molar-refractivity contribution is 5.84. The molecule has 0 radical (unpaired) electrons. The highest BCUT2D eigenvalue weighted by Crippen LogP contribution is 2.28. The number of H-pyrrole nitrogens is 1. The molecule has 2 heterocycles. The molecular formula is C18H23N4O2+. The minimum Gasteiger partial charge on any atom is -0.504 e. The van der Waals surface area contributed by atoms with E-state index in [2.05, 4.69) is 21.1 Å². The van der Waals surface area contributed by atoms with Crippen LogP contribution in [0.1, 0.15) is 12.5 Å². The van der Waals surface area contributed by atoms with Crippen LogP contribution in [-0.4, -0.2) is 49.1 Å². The van der Waals surface area contributed by atoms with Crippen LogP contribution in [0.4, 0.5) is 5.82 Å². The Labute approximate surface area is 142 Å². The first-order valence-corrected chi connectivity index (χ1v) is 8.23. The molecule has 1 aliphatic heterocycles. The van der Waals surface area contributed by atoms with Gasteiger partial charge < -0.3 is 9.84 Å². The Morgan fingerprint density at radius 3 is 2.71 bits per heavy atom. The SMILES string of the molecule is CCOc1cccc(C=NN2CCN(c3cccc[nH+]3)CC2)c1O. The van der Waals surface area contributed by atoms with E-state index in [9.17, 15) is 5.11 Å². The van der Waals surface area contributed by atoms with E-state index in [1.54, 1.807) is 12.3 Å². The van der Waals surface area contributed by atoms with Crippen molar-refractivity contribution in [2.75, 3.05) is 37.7 Å². The fourth-order valence-electron chi connectivity index (χ4n) is 2.69. The van der Waals surface area contributed by atoms with Crippen molar-refractivity contribution in [3.63, 3.8) is 0 Å². The van der Waals surface area contributed by atoms with Gasteiger partial charge in [0.05, 0.1) is 32.1 Å². The molecule has 0 amide bonds. The Balaban J connectivity index is 1.60. The number of aromatic amines is 1. The van der Waals surface area contributed by atoms with Crippen molar-refractivity contribution in [3.05, 3.63) is 48.2 Å². The molecule has 1 aromatic carbocycles. The van der Waals surface area contributed by atoms with Crippen LogP contribution in [0, 0.1) is 0 Å². The highest BCUT2D eigenvalue weighted by atomic mass is 16.5. The van der Waals surface area contributed by atoms with E-state index in [-0.39, 0.29) is 5.75 Å². The molecule has 3 rings (SSSR count). The third-order valence-electron chi connectivity index (χ3n) is 3.98. The summed E-state index contributed by atoms with van der Waals surface area (Å²) in [5, 5.41) is 16.7. The third kappa shape index (κ3) is 3.76. The molecule has 0 saturated carbocycles. The number of hydrogen-bond acceptors (Lipinski definition) is 5. The molecule has 1 fully saturated rings. The van der Waals surface area contributed by atoms with Crippen molar-refractivity contribution in [1.29, 1.82) is 0 Å². The molecule has 2 aromatic rings. The maximum absolute atomic E-state index is 10.2. The summed E-state index contributed by atoms with van der Waals surface area (Å²) in [6.45, 7) is 5.90. The largest absolute Gasteiger partial charge is 0.504 e. The number of nitrogens with one attached hydrogen (secondary N) is 1. The van der Waals surface area contributed by atoms with Crippen molar-refractivity contribution < 1.29 is 14.8 Å². The van der Waals surface area contributed by atoms with Gasteiger partial charge in [0.1, 0.15) is 13.1 Å². The number of piperazine rings is 1. The zero-order chi connectivity index (χ0) is 16.8. The number of anilines is 1. The van der Waals surface area contributed by atoms with Gasteiger partial charge in [0, 0.05) is 11.6 Å². The van der Waals surface area contributed by atoms with E-state index in [0.717, 1.165) is 32.0 Å². The lowest BCUT2D eigenvalue weighted by atomic mass is 10.2. The summed E-state index contributed by atoms with van der Waals surface area (Å²) in [6.07, 6.45) is 3.64. The summed E-state index contributed by atoms with van der Waals surface area (Å²) < 4.78 is 5.40. The second kappa shape index (κ2) is 7.68. The fourth-order valence-corrected chi connectivity index (χ4v) is 2.69. The predicted octanol–water partition coefficient (Wildman–Crippen LogP) is 1.76. The number of benzene rings is 1. The first-order chi connectivity index (χ1) is 11.8. The van der Waals surface area contributed by atoms with Gasteiger partial charge in [-0.15, -0.1) is 0 Å². The van der Waals surface area contributed by atoms with Gasteiger partial charge in [-0.3, -0.25) is 9.91 Å². The van der Waals surface area contributed by atoms with Gasteiger partial charge in [-0.05, 0) is 25.1 Å². The van der Waals surface area contributed by atoms with Crippen LogP contribution < -0.4 is 14.6 Å². The van der Waals surface area contributed by atoms with E-state index in [1.165, 1.54) is 0 Å². The van der Waals surface area contributed by atoms with E-state index >= 15 is 0 Å². The summed E-state index contributed by atoms with van der Waals surface area (Å²) >= 11 is 0. The van der Waals surface area contributed by atoms with Crippen molar-refractivity contribution in [3.8, 4) is 11.5 Å². The molecular weight excluding hydrogens is 304 g/mol. The topological polar surface area (TPSA) is 62.4 Å². The molecule has 6 heteroatoms. The number of nitrogens with zero attached hydrogens (tertiary/aromatic N) is 3. The minimum absolute atomic E-state index is 0.139. The van der Waals surface area contributed by atoms with Gasteiger partial charge in [-0.2, -0.15) is 5.10 Å². The number of hydrogen-bond donors (Lipinski definition) is 1. The lowest BCUT2D eigenvalue weighted by molar-refractivity contribution is -0.364. The van der Waals surface area contributed by atoms with Crippen molar-refractivity contribution in [2.24, 2.45) is 5.10 Å². The Morgan fingerprint density at radius 2 is 2.00 bits per heavy atom. The van der Waals surface area contributed by atoms with E-state index in [0.29, 0.717) is 17.9 Å². The average Bonchev–Trinajstić information content (AvgIpc) is 2.64. The number of phenols is 1. The summed E-state index contributed by atoms with van der Waals surface area (Å²) in [5.41, 5.74) is 0.666. The Morgan fingerprint density at radius 1 is 1.17 bits per heavy atom. The van der Waals surface area contributed by atoms with Crippen LogP contribution in [0.5, 0.6) is 11.5 Å². The highest BCUT2D eigenvalue weighted by Gasteiger charge is 2.22. The van der Waals surface area contributed by atoms with Gasteiger partial charge in [0.2, 0.25) is 0 Å². The van der Waals surface area contributed by atoms with Crippen LogP contribution >= 0.6 is 0 Å². The van der Waals surface area contributed by atoms with Gasteiger partial charge in [0.25, 0.3) is 5.82 Å². The van der Waals surface area contributed by atoms with Crippen LogP contribution in [0.25, 0.3) is 0 Å². The minimum atomic E-state index is 0.139. The molecule has 24 heavy (non-hydrogen) atoms. The Bertz CT molecular complexity index is 683. The maximum atomic E-state index is 10.2. The maximum Gasteiger partial charge on any atom is 0.274 e. The quantitative estimate of drug-likeness (QED) is 0.850. The summed E-state index contributed by atoms with van der Waals surface area (Å²) in [7, 11) is 0. The number of phenolic OH excluding ortho intramolecular Hbond substituents is 1. The van der Waals surface area contributed by atoms with Gasteiger partial charge in [-0.25, -0.2) is 4.98 Å². The average molecular weight is 327 g/mol. The third-order valence-corrected chi connectivity index (χ3v) is 3.98. The molecule has 1 aliphatic rings. The second-order valence-electron chi connectivity index (χ2n) is 5.56. The zero-order valence-corrected chi connectivity index (χ0v) is 13.9. The molecule has 0 atom stereocenters. The van der Waals surface area contributed by atoms with Crippen LogP contribution in [-0.2, 0) is 0 Å². The van der Waals surface area contributed by atoms with E-state index in [4.69, 9.17) is 4.74 Å². The van der Waals surface area contributed by atoms with Crippen molar-refractivity contribution >= 4 is 12.0 Å². The molecule has 1 aromatic heterocycles. The summed E-state index contributed by atoms with van der Waals surface area (Å²) in [4.78, 5) is 5.56. The number of pyridine rings is 1. The molecule has 6 nitrogen and oxygen atoms in total. The first kappa shape index (κ1) is 16.1. The molecule has 2 N–H and O–H groups in total. The molecule has 0 spiro atoms. The number of hydrazone groups is 1. The standard InChI is InChI=1S/C18H22N4O2/c1-2-24-16-7-5-6-15(18(16)23)14-20-22-12-10-21(11-13-22)17-8-3-4-9-19-17/h3-9,14,23H,2,10-13H2,1H3/p+1. The lowest BCUT2D eigenvalue weighted by Gasteiger charge is -2.28. The molecule has 0 aliphatic carbocycles. The van der Waals surface area contributed by atoms with E-state index < -0.39 is 0 Å². The lowest BCUT2D eigenvalue weighted by Crippen LogP contribution is -2.45. The fraction of sp³-hybridized carbons (Fsp3) is 0.333. The first-order valence-electron chi connectivity index (χ1n) is 8.23. The van der Waals surface area contributed by atoms with Crippen LogP contribution in [0.15, 0.2) is 47.7 Å². The smallest absolute Gasteiger partial charge is 0.274 e. The monoisotopic (exact) mass is 327 g/mol. The van der Waals surface area contributed by atoms with Gasteiger partial charge in [0.15, 0.2) is 11.5 Å². The van der Waals surface area contributed by atoms with E-state index in [1.807, 2.05) is 42.4 Å². The van der Waals surface area contributed by atoms with Crippen LogP contribution in [0.3, 0.4) is 0 Å². The molecule has 0 unspecified atom stereocenters. The molecule has 126 valence electrons. The van der Waals surface area contributed by atoms with Gasteiger partial charge in [-0.1, -0.05) is 12.1 Å². The Kier molecular flexibility index (Phi) is 5.15. The number of ether oxygens (including phenoxy) is 1. The predicted molar refractivity (Wildman–Crippen MR) is 93.7 cm³/mol. The number of aromatic nitrogens is 1. The molecule has 1 saturated heterocycles. The summed E-state index contributed by atoms with van der Waals surface area (Å²) in [5.74, 6) is 1.76.